The SMILES string of the molecule is CCOC(=O)c1cccc(OCC(=O)Nc2ccccc2Cc2ccccc2)c1. The Hall–Kier alpha value is -3.60. The van der Waals surface area contributed by atoms with Crippen LogP contribution in [0.5, 0.6) is 5.75 Å². The van der Waals surface area contributed by atoms with Gasteiger partial charge < -0.3 is 14.8 Å². The lowest BCUT2D eigenvalue weighted by molar-refractivity contribution is -0.118. The molecule has 3 aromatic carbocycles. The Morgan fingerprint density at radius 2 is 1.66 bits per heavy atom. The van der Waals surface area contributed by atoms with E-state index in [1.165, 1.54) is 5.56 Å². The van der Waals surface area contributed by atoms with Gasteiger partial charge in [0.25, 0.3) is 5.91 Å². The van der Waals surface area contributed by atoms with Gasteiger partial charge in [-0.2, -0.15) is 0 Å². The van der Waals surface area contributed by atoms with Crippen molar-refractivity contribution >= 4 is 17.6 Å². The Morgan fingerprint density at radius 1 is 0.897 bits per heavy atom. The molecule has 0 atom stereocenters. The Balaban J connectivity index is 1.60. The first-order chi connectivity index (χ1) is 14.2. The highest BCUT2D eigenvalue weighted by Gasteiger charge is 2.10. The van der Waals surface area contributed by atoms with Crippen LogP contribution in [0.15, 0.2) is 78.9 Å². The van der Waals surface area contributed by atoms with Gasteiger partial charge in [-0.25, -0.2) is 4.79 Å². The van der Waals surface area contributed by atoms with E-state index < -0.39 is 5.97 Å². The van der Waals surface area contributed by atoms with Gasteiger partial charge in [-0.1, -0.05) is 54.6 Å². The molecule has 0 heterocycles. The van der Waals surface area contributed by atoms with Gasteiger partial charge in [-0.05, 0) is 48.7 Å². The average molecular weight is 389 g/mol. The summed E-state index contributed by atoms with van der Waals surface area (Å²) in [5.41, 5.74) is 3.33. The van der Waals surface area contributed by atoms with Crippen LogP contribution in [0.3, 0.4) is 0 Å². The van der Waals surface area contributed by atoms with Crippen LogP contribution in [0.25, 0.3) is 0 Å². The predicted octanol–water partition coefficient (Wildman–Crippen LogP) is 4.47. The van der Waals surface area contributed by atoms with E-state index in [0.29, 0.717) is 17.9 Å². The van der Waals surface area contributed by atoms with E-state index in [-0.39, 0.29) is 12.5 Å². The minimum absolute atomic E-state index is 0.161. The Labute approximate surface area is 170 Å². The lowest BCUT2D eigenvalue weighted by atomic mass is 10.0. The quantitative estimate of drug-likeness (QED) is 0.577. The monoisotopic (exact) mass is 389 g/mol. The van der Waals surface area contributed by atoms with Crippen LogP contribution in [0.4, 0.5) is 5.69 Å². The molecule has 0 spiro atoms. The topological polar surface area (TPSA) is 64.6 Å². The molecule has 3 aromatic rings. The summed E-state index contributed by atoms with van der Waals surface area (Å²) in [5.74, 6) is -0.257. The Bertz CT molecular complexity index is 969. The fourth-order valence-electron chi connectivity index (χ4n) is 2.87. The van der Waals surface area contributed by atoms with Crippen molar-refractivity contribution in [1.82, 2.24) is 0 Å². The minimum atomic E-state index is -0.419. The standard InChI is InChI=1S/C24H23NO4/c1-2-28-24(27)20-12-8-13-21(16-20)29-17-23(26)25-22-14-7-6-11-19(22)15-18-9-4-3-5-10-18/h3-14,16H,2,15,17H2,1H3,(H,25,26). The third-order valence-electron chi connectivity index (χ3n) is 4.24. The van der Waals surface area contributed by atoms with Crippen LogP contribution < -0.4 is 10.1 Å². The van der Waals surface area contributed by atoms with Crippen LogP contribution in [-0.4, -0.2) is 25.1 Å². The first-order valence-corrected chi connectivity index (χ1v) is 9.47. The van der Waals surface area contributed by atoms with Crippen molar-refractivity contribution < 1.29 is 19.1 Å². The van der Waals surface area contributed by atoms with Gasteiger partial charge in [0.1, 0.15) is 5.75 Å². The van der Waals surface area contributed by atoms with Crippen LogP contribution in [0.1, 0.15) is 28.4 Å². The number of carbonyl (C=O) groups is 2. The van der Waals surface area contributed by atoms with Crippen molar-refractivity contribution in [3.63, 3.8) is 0 Å². The second-order valence-electron chi connectivity index (χ2n) is 6.40. The molecule has 0 aliphatic heterocycles. The molecular weight excluding hydrogens is 366 g/mol. The molecule has 5 heteroatoms. The van der Waals surface area contributed by atoms with Crippen molar-refractivity contribution in [2.45, 2.75) is 13.3 Å². The molecule has 1 N–H and O–H groups in total. The van der Waals surface area contributed by atoms with Crippen molar-refractivity contribution in [2.75, 3.05) is 18.5 Å². The summed E-state index contributed by atoms with van der Waals surface area (Å²) in [7, 11) is 0. The maximum Gasteiger partial charge on any atom is 0.338 e. The smallest absolute Gasteiger partial charge is 0.338 e. The zero-order valence-corrected chi connectivity index (χ0v) is 16.3. The normalized spacial score (nSPS) is 10.2. The molecule has 0 fully saturated rings. The summed E-state index contributed by atoms with van der Waals surface area (Å²) in [6, 6.07) is 24.4. The number of nitrogens with one attached hydrogen (secondary N) is 1. The third kappa shape index (κ3) is 5.94. The van der Waals surface area contributed by atoms with Crippen LogP contribution in [-0.2, 0) is 16.0 Å². The number of amides is 1. The summed E-state index contributed by atoms with van der Waals surface area (Å²) in [6.45, 7) is 1.89. The fraction of sp³-hybridized carbons (Fsp3) is 0.167. The minimum Gasteiger partial charge on any atom is -0.484 e. The fourth-order valence-corrected chi connectivity index (χ4v) is 2.87. The molecule has 0 radical (unpaired) electrons. The molecule has 0 saturated heterocycles. The van der Waals surface area contributed by atoms with Crippen molar-refractivity contribution in [1.29, 1.82) is 0 Å². The van der Waals surface area contributed by atoms with E-state index >= 15 is 0 Å². The van der Waals surface area contributed by atoms with Gasteiger partial charge in [0.15, 0.2) is 6.61 Å². The number of ether oxygens (including phenoxy) is 2. The van der Waals surface area contributed by atoms with Crippen LogP contribution in [0.2, 0.25) is 0 Å². The van der Waals surface area contributed by atoms with E-state index in [2.05, 4.69) is 17.4 Å². The Kier molecular flexibility index (Phi) is 7.00. The number of hydrogen-bond acceptors (Lipinski definition) is 4. The highest BCUT2D eigenvalue weighted by Crippen LogP contribution is 2.19. The molecule has 3 rings (SSSR count). The van der Waals surface area contributed by atoms with Gasteiger partial charge >= 0.3 is 5.97 Å². The number of esters is 1. The van der Waals surface area contributed by atoms with E-state index in [9.17, 15) is 9.59 Å². The summed E-state index contributed by atoms with van der Waals surface area (Å²) < 4.78 is 10.5. The zero-order chi connectivity index (χ0) is 20.5. The summed E-state index contributed by atoms with van der Waals surface area (Å²) in [5, 5.41) is 2.90. The molecule has 5 nitrogen and oxygen atoms in total. The number of benzene rings is 3. The van der Waals surface area contributed by atoms with E-state index in [1.54, 1.807) is 31.2 Å². The molecule has 0 saturated carbocycles. The molecular formula is C24H23NO4. The Morgan fingerprint density at radius 3 is 2.45 bits per heavy atom. The largest absolute Gasteiger partial charge is 0.484 e. The molecule has 1 amide bonds. The lowest BCUT2D eigenvalue weighted by Gasteiger charge is -2.12. The van der Waals surface area contributed by atoms with Gasteiger partial charge in [0.2, 0.25) is 0 Å². The van der Waals surface area contributed by atoms with Crippen LogP contribution >= 0.6 is 0 Å². The second kappa shape index (κ2) is 10.1. The molecule has 0 unspecified atom stereocenters. The third-order valence-corrected chi connectivity index (χ3v) is 4.24. The summed E-state index contributed by atoms with van der Waals surface area (Å²) in [6.07, 6.45) is 0.722. The highest BCUT2D eigenvalue weighted by molar-refractivity contribution is 5.93. The number of para-hydroxylation sites is 1. The van der Waals surface area contributed by atoms with Gasteiger partial charge in [-0.15, -0.1) is 0 Å². The first kappa shape index (κ1) is 20.1. The summed E-state index contributed by atoms with van der Waals surface area (Å²) >= 11 is 0. The highest BCUT2D eigenvalue weighted by atomic mass is 16.5. The molecule has 29 heavy (non-hydrogen) atoms. The number of rotatable bonds is 8. The average Bonchev–Trinajstić information content (AvgIpc) is 2.75. The molecule has 0 bridgehead atoms. The molecule has 0 aliphatic rings. The number of hydrogen-bond donors (Lipinski definition) is 1. The molecule has 0 aliphatic carbocycles. The van der Waals surface area contributed by atoms with Crippen molar-refractivity contribution in [2.24, 2.45) is 0 Å². The maximum absolute atomic E-state index is 12.4. The molecule has 148 valence electrons. The zero-order valence-electron chi connectivity index (χ0n) is 16.3. The number of anilines is 1. The lowest BCUT2D eigenvalue weighted by Crippen LogP contribution is -2.21. The maximum atomic E-state index is 12.4. The van der Waals surface area contributed by atoms with E-state index in [0.717, 1.165) is 17.7 Å². The van der Waals surface area contributed by atoms with Gasteiger partial charge in [0.05, 0.1) is 12.2 Å². The summed E-state index contributed by atoms with van der Waals surface area (Å²) in [4.78, 5) is 24.2. The second-order valence-corrected chi connectivity index (χ2v) is 6.40. The van der Waals surface area contributed by atoms with Gasteiger partial charge in [-0.3, -0.25) is 4.79 Å². The van der Waals surface area contributed by atoms with Crippen molar-refractivity contribution in [3.8, 4) is 5.75 Å². The van der Waals surface area contributed by atoms with Gasteiger partial charge in [0, 0.05) is 5.69 Å². The number of carbonyl (C=O) groups excluding carboxylic acids is 2. The first-order valence-electron chi connectivity index (χ1n) is 9.47. The van der Waals surface area contributed by atoms with Crippen molar-refractivity contribution in [3.05, 3.63) is 95.6 Å². The van der Waals surface area contributed by atoms with Crippen LogP contribution in [0, 0.1) is 0 Å². The molecule has 0 aromatic heterocycles. The van der Waals surface area contributed by atoms with E-state index in [1.807, 2.05) is 42.5 Å². The predicted molar refractivity (Wildman–Crippen MR) is 112 cm³/mol. The van der Waals surface area contributed by atoms with E-state index in [4.69, 9.17) is 9.47 Å².